The van der Waals surface area contributed by atoms with Crippen LogP contribution in [0.1, 0.15) is 13.8 Å². The molecule has 11 nitrogen and oxygen atoms in total. The number of carbonyl (C=O) groups is 2. The second-order valence-corrected chi connectivity index (χ2v) is 6.67. The lowest BCUT2D eigenvalue weighted by molar-refractivity contribution is -0.156. The van der Waals surface area contributed by atoms with Gasteiger partial charge in [0, 0.05) is 11.1 Å². The van der Waals surface area contributed by atoms with Crippen molar-refractivity contribution >= 4 is 33.5 Å². The summed E-state index contributed by atoms with van der Waals surface area (Å²) in [5, 5.41) is 8.81. The SMILES string of the molecule is C=C(C)C(=O)OCC(CO)OC(=O)C(=C)C.O=c1oc(=O)c2cc3c(=O)oc(=O)c3cc12. The molecular weight excluding hydrogens is 428 g/mol. The van der Waals surface area contributed by atoms with Crippen LogP contribution >= 0.6 is 0 Å². The topological polar surface area (TPSA) is 167 Å². The lowest BCUT2D eigenvalue weighted by atomic mass is 10.1. The molecule has 0 aliphatic carbocycles. The molecule has 3 aromatic rings. The Morgan fingerprint density at radius 1 is 0.844 bits per heavy atom. The third-order valence-corrected chi connectivity index (χ3v) is 3.98. The molecule has 0 saturated carbocycles. The van der Waals surface area contributed by atoms with Gasteiger partial charge in [-0.3, -0.25) is 0 Å². The van der Waals surface area contributed by atoms with E-state index in [1.54, 1.807) is 0 Å². The highest BCUT2D eigenvalue weighted by Crippen LogP contribution is 2.13. The smallest absolute Gasteiger partial charge is 0.346 e. The highest BCUT2D eigenvalue weighted by molar-refractivity contribution is 5.96. The van der Waals surface area contributed by atoms with Gasteiger partial charge in [-0.15, -0.1) is 0 Å². The Morgan fingerprint density at radius 2 is 1.22 bits per heavy atom. The van der Waals surface area contributed by atoms with Crippen molar-refractivity contribution in [3.8, 4) is 0 Å². The van der Waals surface area contributed by atoms with Crippen LogP contribution in [0.3, 0.4) is 0 Å². The fourth-order valence-corrected chi connectivity index (χ4v) is 2.33. The Bertz CT molecular complexity index is 1260. The number of fused-ring (bicyclic) bond motifs is 2. The molecule has 2 aromatic heterocycles. The normalized spacial score (nSPS) is 11.5. The lowest BCUT2D eigenvalue weighted by Gasteiger charge is -2.15. The zero-order valence-electron chi connectivity index (χ0n) is 17.1. The molecule has 0 aliphatic rings. The molecule has 1 N–H and O–H groups in total. The summed E-state index contributed by atoms with van der Waals surface area (Å²) >= 11 is 0. The van der Waals surface area contributed by atoms with Crippen LogP contribution in [0.15, 0.2) is 64.4 Å². The molecule has 1 unspecified atom stereocenters. The quantitative estimate of drug-likeness (QED) is 0.402. The van der Waals surface area contributed by atoms with Gasteiger partial charge < -0.3 is 23.4 Å². The molecule has 0 radical (unpaired) electrons. The van der Waals surface area contributed by atoms with E-state index < -0.39 is 47.2 Å². The van der Waals surface area contributed by atoms with Gasteiger partial charge in [0.15, 0.2) is 6.10 Å². The average molecular weight is 446 g/mol. The van der Waals surface area contributed by atoms with E-state index in [2.05, 4.69) is 22.0 Å². The van der Waals surface area contributed by atoms with Crippen molar-refractivity contribution in [1.82, 2.24) is 0 Å². The largest absolute Gasteiger partial charge is 0.458 e. The first-order chi connectivity index (χ1) is 15.0. The number of furan rings is 2. The maximum absolute atomic E-state index is 11.2. The Hall–Kier alpha value is -4.12. The Kier molecular flexibility index (Phi) is 7.39. The summed E-state index contributed by atoms with van der Waals surface area (Å²) in [5.41, 5.74) is -2.85. The van der Waals surface area contributed by atoms with E-state index in [9.17, 15) is 28.8 Å². The Balaban J connectivity index is 0.000000227. The highest BCUT2D eigenvalue weighted by atomic mass is 16.6. The van der Waals surface area contributed by atoms with E-state index in [-0.39, 0.29) is 39.3 Å². The number of esters is 2. The van der Waals surface area contributed by atoms with E-state index >= 15 is 0 Å². The summed E-state index contributed by atoms with van der Waals surface area (Å²) < 4.78 is 18.2. The van der Waals surface area contributed by atoms with E-state index in [4.69, 9.17) is 14.6 Å². The van der Waals surface area contributed by atoms with Crippen LogP contribution in [0.25, 0.3) is 21.5 Å². The molecule has 0 spiro atoms. The van der Waals surface area contributed by atoms with Gasteiger partial charge in [0.25, 0.3) is 0 Å². The molecule has 0 aliphatic heterocycles. The number of aliphatic hydroxyl groups excluding tert-OH is 1. The number of ether oxygens (including phenoxy) is 2. The summed E-state index contributed by atoms with van der Waals surface area (Å²) in [7, 11) is 0. The van der Waals surface area contributed by atoms with Gasteiger partial charge in [0.2, 0.25) is 0 Å². The lowest BCUT2D eigenvalue weighted by Crippen LogP contribution is -2.28. The van der Waals surface area contributed by atoms with Gasteiger partial charge in [-0.2, -0.15) is 0 Å². The van der Waals surface area contributed by atoms with Gasteiger partial charge in [-0.1, -0.05) is 13.2 Å². The average Bonchev–Trinajstić information content (AvgIpc) is 3.18. The van der Waals surface area contributed by atoms with Crippen LogP contribution < -0.4 is 22.5 Å². The summed E-state index contributed by atoms with van der Waals surface area (Å²) in [6, 6.07) is 2.29. The third kappa shape index (κ3) is 5.32. The second kappa shape index (κ2) is 9.79. The van der Waals surface area contributed by atoms with Crippen molar-refractivity contribution in [2.24, 2.45) is 0 Å². The van der Waals surface area contributed by atoms with Crippen LogP contribution in [-0.2, 0) is 19.1 Å². The first-order valence-corrected chi connectivity index (χ1v) is 8.97. The van der Waals surface area contributed by atoms with Crippen LogP contribution in [0.2, 0.25) is 0 Å². The maximum Gasteiger partial charge on any atom is 0.346 e. The van der Waals surface area contributed by atoms with E-state index in [0.29, 0.717) is 0 Å². The number of benzene rings is 1. The van der Waals surface area contributed by atoms with Crippen molar-refractivity contribution in [1.29, 1.82) is 0 Å². The molecular formula is C21H18O11. The predicted octanol–water partition coefficient (Wildman–Crippen LogP) is 0.0813. The summed E-state index contributed by atoms with van der Waals surface area (Å²) in [5.74, 6) is -1.23. The van der Waals surface area contributed by atoms with Gasteiger partial charge in [-0.25, -0.2) is 28.8 Å². The molecule has 168 valence electrons. The summed E-state index contributed by atoms with van der Waals surface area (Å²) in [6.45, 7) is 9.12. The van der Waals surface area contributed by atoms with Crippen LogP contribution in [0.5, 0.6) is 0 Å². The van der Waals surface area contributed by atoms with Gasteiger partial charge in [0.05, 0.1) is 28.2 Å². The zero-order valence-corrected chi connectivity index (χ0v) is 17.1. The molecule has 1 atom stereocenters. The minimum absolute atomic E-state index is 0.0181. The first kappa shape index (κ1) is 24.2. The Labute approximate surface area is 178 Å². The Morgan fingerprint density at radius 3 is 1.53 bits per heavy atom. The molecule has 0 amide bonds. The summed E-state index contributed by atoms with van der Waals surface area (Å²) in [6.07, 6.45) is -0.882. The number of rotatable bonds is 6. The van der Waals surface area contributed by atoms with Gasteiger partial charge in [0.1, 0.15) is 6.61 Å². The van der Waals surface area contributed by atoms with Crippen molar-refractivity contribution in [2.75, 3.05) is 13.2 Å². The molecule has 2 heterocycles. The standard InChI is InChI=1S/C11H16O5.C10H2O6/c1-7(2)10(13)15-6-9(5-12)16-11(14)8(3)4;11-7-3-1-4-6(10(14)16-8(4)12)2-5(3)9(13)15-7/h9,12H,1,3,5-6H2,2,4H3;1-2H. The van der Waals surface area contributed by atoms with Crippen molar-refractivity contribution in [3.05, 3.63) is 78.1 Å². The number of hydrogen-bond acceptors (Lipinski definition) is 11. The molecule has 0 fully saturated rings. The summed E-state index contributed by atoms with van der Waals surface area (Å²) in [4.78, 5) is 66.9. The van der Waals surface area contributed by atoms with Crippen LogP contribution in [0.4, 0.5) is 0 Å². The molecule has 32 heavy (non-hydrogen) atoms. The van der Waals surface area contributed by atoms with E-state index in [1.165, 1.54) is 13.8 Å². The minimum Gasteiger partial charge on any atom is -0.458 e. The number of aliphatic hydroxyl groups is 1. The van der Waals surface area contributed by atoms with Crippen molar-refractivity contribution in [2.45, 2.75) is 20.0 Å². The van der Waals surface area contributed by atoms with E-state index in [1.807, 2.05) is 0 Å². The molecule has 3 rings (SSSR count). The van der Waals surface area contributed by atoms with Crippen molar-refractivity contribution in [3.63, 3.8) is 0 Å². The van der Waals surface area contributed by atoms with Gasteiger partial charge in [-0.05, 0) is 26.0 Å². The highest BCUT2D eigenvalue weighted by Gasteiger charge is 2.17. The monoisotopic (exact) mass is 446 g/mol. The zero-order chi connectivity index (χ0) is 24.2. The van der Waals surface area contributed by atoms with Crippen LogP contribution in [-0.4, -0.2) is 36.4 Å². The third-order valence-electron chi connectivity index (χ3n) is 3.98. The molecule has 11 heteroatoms. The number of carbonyl (C=O) groups excluding carboxylic acids is 2. The van der Waals surface area contributed by atoms with Gasteiger partial charge >= 0.3 is 34.4 Å². The first-order valence-electron chi connectivity index (χ1n) is 8.97. The second-order valence-electron chi connectivity index (χ2n) is 6.67. The molecule has 0 saturated heterocycles. The number of hydrogen-bond donors (Lipinski definition) is 1. The van der Waals surface area contributed by atoms with Crippen LogP contribution in [0, 0.1) is 0 Å². The van der Waals surface area contributed by atoms with E-state index in [0.717, 1.165) is 12.1 Å². The fraction of sp³-hybridized carbons (Fsp3) is 0.238. The fourth-order valence-electron chi connectivity index (χ4n) is 2.33. The maximum atomic E-state index is 11.2. The molecule has 0 bridgehead atoms. The molecule has 1 aromatic carbocycles. The van der Waals surface area contributed by atoms with Crippen molar-refractivity contribution < 1.29 is 33.0 Å². The minimum atomic E-state index is -0.882. The predicted molar refractivity (Wildman–Crippen MR) is 111 cm³/mol.